The number of hydrogen-bond donors (Lipinski definition) is 2. The Balaban J connectivity index is 2.80. The maximum absolute atomic E-state index is 12.9. The van der Waals surface area contributed by atoms with Gasteiger partial charge in [-0.2, -0.15) is 0 Å². The molecule has 1 unspecified atom stereocenters. The maximum Gasteiger partial charge on any atom is 0.316 e. The van der Waals surface area contributed by atoms with Crippen LogP contribution >= 0.6 is 11.6 Å². The standard InChI is InChI=1S/C11H11ClFNO3/c1-2-7(11(16)17)10(15)14-6-3-4-9(13)8(12)5-6/h3-5,7H,2H2,1H3,(H,14,15)(H,16,17). The van der Waals surface area contributed by atoms with Gasteiger partial charge in [-0.25, -0.2) is 4.39 Å². The van der Waals surface area contributed by atoms with Crippen molar-refractivity contribution in [2.75, 3.05) is 5.32 Å². The molecule has 1 atom stereocenters. The summed E-state index contributed by atoms with van der Waals surface area (Å²) in [6.07, 6.45) is 0.177. The minimum Gasteiger partial charge on any atom is -0.481 e. The molecule has 6 heteroatoms. The summed E-state index contributed by atoms with van der Waals surface area (Å²) in [5, 5.41) is 11.0. The second-order valence-electron chi connectivity index (χ2n) is 3.42. The smallest absolute Gasteiger partial charge is 0.316 e. The lowest BCUT2D eigenvalue weighted by atomic mass is 10.1. The number of nitrogens with one attached hydrogen (secondary N) is 1. The molecule has 2 N–H and O–H groups in total. The largest absolute Gasteiger partial charge is 0.481 e. The van der Waals surface area contributed by atoms with Crippen LogP contribution in [0.5, 0.6) is 0 Å². The molecule has 0 aliphatic heterocycles. The van der Waals surface area contributed by atoms with Crippen LogP contribution in [0.1, 0.15) is 13.3 Å². The molecule has 0 radical (unpaired) electrons. The van der Waals surface area contributed by atoms with Crippen molar-refractivity contribution in [3.63, 3.8) is 0 Å². The van der Waals surface area contributed by atoms with Crippen LogP contribution in [0.25, 0.3) is 0 Å². The highest BCUT2D eigenvalue weighted by atomic mass is 35.5. The van der Waals surface area contributed by atoms with Crippen LogP contribution in [-0.4, -0.2) is 17.0 Å². The lowest BCUT2D eigenvalue weighted by Gasteiger charge is -2.10. The van der Waals surface area contributed by atoms with Gasteiger partial charge in [0.1, 0.15) is 11.7 Å². The van der Waals surface area contributed by atoms with E-state index in [1.54, 1.807) is 6.92 Å². The average molecular weight is 260 g/mol. The van der Waals surface area contributed by atoms with E-state index in [-0.39, 0.29) is 17.1 Å². The number of aliphatic carboxylic acids is 1. The summed E-state index contributed by atoms with van der Waals surface area (Å²) >= 11 is 5.53. The van der Waals surface area contributed by atoms with Gasteiger partial charge in [0.15, 0.2) is 0 Å². The molecule has 0 spiro atoms. The number of anilines is 1. The number of carbonyl (C=O) groups excluding carboxylic acids is 1. The number of benzene rings is 1. The maximum atomic E-state index is 12.9. The van der Waals surface area contributed by atoms with Crippen molar-refractivity contribution in [1.82, 2.24) is 0 Å². The zero-order chi connectivity index (χ0) is 13.0. The number of amides is 1. The summed E-state index contributed by atoms with van der Waals surface area (Å²) in [6, 6.07) is 3.64. The van der Waals surface area contributed by atoms with Crippen molar-refractivity contribution in [3.05, 3.63) is 29.0 Å². The average Bonchev–Trinajstić information content (AvgIpc) is 2.24. The third kappa shape index (κ3) is 3.42. The van der Waals surface area contributed by atoms with Crippen LogP contribution < -0.4 is 5.32 Å². The highest BCUT2D eigenvalue weighted by Gasteiger charge is 2.24. The molecule has 1 aromatic rings. The fraction of sp³-hybridized carbons (Fsp3) is 0.273. The molecule has 4 nitrogen and oxygen atoms in total. The van der Waals surface area contributed by atoms with Crippen molar-refractivity contribution >= 4 is 29.2 Å². The summed E-state index contributed by atoms with van der Waals surface area (Å²) in [5.41, 5.74) is 0.265. The summed E-state index contributed by atoms with van der Waals surface area (Å²) in [6.45, 7) is 1.59. The van der Waals surface area contributed by atoms with Crippen LogP contribution in [0.3, 0.4) is 0 Å². The van der Waals surface area contributed by atoms with Gasteiger partial charge in [-0.05, 0) is 24.6 Å². The van der Waals surface area contributed by atoms with Crippen molar-refractivity contribution in [3.8, 4) is 0 Å². The molecule has 1 aromatic carbocycles. The van der Waals surface area contributed by atoms with Crippen molar-refractivity contribution in [2.24, 2.45) is 5.92 Å². The Morgan fingerprint density at radius 2 is 2.18 bits per heavy atom. The van der Waals surface area contributed by atoms with Gasteiger partial charge in [-0.1, -0.05) is 18.5 Å². The number of carboxylic acids is 1. The number of carboxylic acid groups (broad SMARTS) is 1. The monoisotopic (exact) mass is 259 g/mol. The summed E-state index contributed by atoms with van der Waals surface area (Å²) < 4.78 is 12.9. The normalized spacial score (nSPS) is 11.9. The summed E-state index contributed by atoms with van der Waals surface area (Å²) in [5.74, 6) is -3.57. The number of halogens is 2. The van der Waals surface area contributed by atoms with E-state index in [9.17, 15) is 14.0 Å². The van der Waals surface area contributed by atoms with Gasteiger partial charge in [0.2, 0.25) is 5.91 Å². The Morgan fingerprint density at radius 1 is 1.53 bits per heavy atom. The molecule has 0 aromatic heterocycles. The number of rotatable bonds is 4. The van der Waals surface area contributed by atoms with E-state index >= 15 is 0 Å². The van der Waals surface area contributed by atoms with Gasteiger partial charge in [0.05, 0.1) is 5.02 Å². The molecule has 1 rings (SSSR count). The Labute approximate surface area is 102 Å². The van der Waals surface area contributed by atoms with Crippen LogP contribution in [0.2, 0.25) is 5.02 Å². The van der Waals surface area contributed by atoms with Crippen LogP contribution in [0.15, 0.2) is 18.2 Å². The summed E-state index contributed by atoms with van der Waals surface area (Å²) in [4.78, 5) is 22.3. The van der Waals surface area contributed by atoms with Gasteiger partial charge >= 0.3 is 5.97 Å². The number of hydrogen-bond acceptors (Lipinski definition) is 2. The topological polar surface area (TPSA) is 66.4 Å². The molecule has 0 bridgehead atoms. The second-order valence-corrected chi connectivity index (χ2v) is 3.82. The SMILES string of the molecule is CCC(C(=O)O)C(=O)Nc1ccc(F)c(Cl)c1. The van der Waals surface area contributed by atoms with E-state index in [4.69, 9.17) is 16.7 Å². The molecule has 0 aliphatic rings. The van der Waals surface area contributed by atoms with Crippen molar-refractivity contribution < 1.29 is 19.1 Å². The van der Waals surface area contributed by atoms with Gasteiger partial charge in [0.25, 0.3) is 0 Å². The molecular weight excluding hydrogens is 249 g/mol. The van der Waals surface area contributed by atoms with E-state index in [0.717, 1.165) is 6.07 Å². The minimum absolute atomic E-state index is 0.133. The van der Waals surface area contributed by atoms with Crippen molar-refractivity contribution in [2.45, 2.75) is 13.3 Å². The Bertz CT molecular complexity index is 450. The third-order valence-electron chi connectivity index (χ3n) is 2.21. The van der Waals surface area contributed by atoms with Crippen LogP contribution in [0, 0.1) is 11.7 Å². The van der Waals surface area contributed by atoms with Gasteiger partial charge in [-0.3, -0.25) is 9.59 Å². The Morgan fingerprint density at radius 3 is 2.65 bits per heavy atom. The van der Waals surface area contributed by atoms with E-state index in [1.165, 1.54) is 12.1 Å². The highest BCUT2D eigenvalue weighted by molar-refractivity contribution is 6.31. The Hall–Kier alpha value is -1.62. The molecule has 0 heterocycles. The van der Waals surface area contributed by atoms with E-state index in [2.05, 4.69) is 5.32 Å². The second kappa shape index (κ2) is 5.63. The lowest BCUT2D eigenvalue weighted by Crippen LogP contribution is -2.28. The molecule has 92 valence electrons. The van der Waals surface area contributed by atoms with E-state index in [1.807, 2.05) is 0 Å². The third-order valence-corrected chi connectivity index (χ3v) is 2.50. The zero-order valence-electron chi connectivity index (χ0n) is 9.04. The fourth-order valence-electron chi connectivity index (χ4n) is 1.28. The zero-order valence-corrected chi connectivity index (χ0v) is 9.79. The first-order valence-electron chi connectivity index (χ1n) is 4.94. The van der Waals surface area contributed by atoms with Crippen molar-refractivity contribution in [1.29, 1.82) is 0 Å². The summed E-state index contributed by atoms with van der Waals surface area (Å²) in [7, 11) is 0. The molecule has 0 fully saturated rings. The predicted molar refractivity (Wildman–Crippen MR) is 61.5 cm³/mol. The first kappa shape index (κ1) is 13.4. The van der Waals surface area contributed by atoms with Crippen LogP contribution in [-0.2, 0) is 9.59 Å². The van der Waals surface area contributed by atoms with Crippen LogP contribution in [0.4, 0.5) is 10.1 Å². The molecule has 17 heavy (non-hydrogen) atoms. The molecule has 1 amide bonds. The first-order chi connectivity index (χ1) is 7.95. The Kier molecular flexibility index (Phi) is 4.45. The quantitative estimate of drug-likeness (QED) is 0.817. The van der Waals surface area contributed by atoms with Gasteiger partial charge in [-0.15, -0.1) is 0 Å². The lowest BCUT2D eigenvalue weighted by molar-refractivity contribution is -0.145. The molecule has 0 saturated carbocycles. The fourth-order valence-corrected chi connectivity index (χ4v) is 1.46. The van der Waals surface area contributed by atoms with Gasteiger partial charge in [0, 0.05) is 5.69 Å². The number of carbonyl (C=O) groups is 2. The molecular formula is C11H11ClFNO3. The predicted octanol–water partition coefficient (Wildman–Crippen LogP) is 2.53. The minimum atomic E-state index is -1.20. The first-order valence-corrected chi connectivity index (χ1v) is 5.32. The van der Waals surface area contributed by atoms with E-state index < -0.39 is 23.6 Å². The molecule has 0 aliphatic carbocycles. The highest BCUT2D eigenvalue weighted by Crippen LogP contribution is 2.20. The van der Waals surface area contributed by atoms with E-state index in [0.29, 0.717) is 0 Å². The van der Waals surface area contributed by atoms with Gasteiger partial charge < -0.3 is 10.4 Å². The molecule has 0 saturated heterocycles.